The average Bonchev–Trinajstić information content (AvgIpc) is 2.95. The number of nitrogen functional groups attached to an aromatic ring is 1. The fourth-order valence-corrected chi connectivity index (χ4v) is 3.66. The first-order valence-electron chi connectivity index (χ1n) is 8.08. The van der Waals surface area contributed by atoms with Gasteiger partial charge in [-0.25, -0.2) is 9.48 Å². The van der Waals surface area contributed by atoms with Crippen LogP contribution in [0, 0.1) is 5.92 Å². The molecule has 1 unspecified atom stereocenters. The molecule has 8 nitrogen and oxygen atoms in total. The number of carbonyl (C=O) groups is 1. The van der Waals surface area contributed by atoms with E-state index in [1.165, 1.54) is 6.26 Å². The van der Waals surface area contributed by atoms with Crippen molar-refractivity contribution in [3.63, 3.8) is 0 Å². The number of hydrogen-bond acceptors (Lipinski definition) is 6. The van der Waals surface area contributed by atoms with E-state index in [4.69, 9.17) is 34.7 Å². The Hall–Kier alpha value is -2.31. The molecule has 0 saturated carbocycles. The van der Waals surface area contributed by atoms with Crippen LogP contribution in [-0.2, 0) is 26.6 Å². The number of oxime groups is 1. The van der Waals surface area contributed by atoms with Crippen LogP contribution < -0.4 is 11.5 Å². The van der Waals surface area contributed by atoms with Crippen molar-refractivity contribution in [2.45, 2.75) is 24.9 Å². The zero-order valence-corrected chi connectivity index (χ0v) is 18.1. The number of aromatic nitrogens is 2. The number of hydrogen-bond donors (Lipinski definition) is 2. The Morgan fingerprint density at radius 3 is 2.27 bits per heavy atom. The summed E-state index contributed by atoms with van der Waals surface area (Å²) in [5.41, 5.74) is 10.3. The summed E-state index contributed by atoms with van der Waals surface area (Å²) in [6.45, 7) is 3.14. The Labute approximate surface area is 181 Å². The van der Waals surface area contributed by atoms with Crippen LogP contribution in [0.1, 0.15) is 25.1 Å². The van der Waals surface area contributed by atoms with Crippen molar-refractivity contribution >= 4 is 51.6 Å². The van der Waals surface area contributed by atoms with Gasteiger partial charge in [-0.3, -0.25) is 4.21 Å². The van der Waals surface area contributed by atoms with E-state index in [0.717, 1.165) is 4.68 Å². The zero-order valence-electron chi connectivity index (χ0n) is 15.8. The second-order valence-electron chi connectivity index (χ2n) is 6.26. The summed E-state index contributed by atoms with van der Waals surface area (Å²) in [4.78, 5) is 16.1. The Bertz CT molecular complexity index is 1030. The molecule has 4 N–H and O–H groups in total. The maximum Gasteiger partial charge on any atom is 0.416 e. The number of anilines is 1. The molecule has 30 heavy (non-hydrogen) atoms. The van der Waals surface area contributed by atoms with Crippen molar-refractivity contribution in [3.05, 3.63) is 33.4 Å². The molecule has 14 heteroatoms. The minimum atomic E-state index is -4.68. The van der Waals surface area contributed by atoms with Crippen LogP contribution in [0.4, 0.5) is 19.0 Å². The maximum absolute atomic E-state index is 13.0. The lowest BCUT2D eigenvalue weighted by Gasteiger charge is -2.13. The third kappa shape index (κ3) is 4.87. The maximum atomic E-state index is 13.0. The van der Waals surface area contributed by atoms with Crippen molar-refractivity contribution in [2.75, 3.05) is 12.0 Å². The molecular formula is C16H16Cl2F3N5O3S. The number of amidine groups is 1. The first kappa shape index (κ1) is 24.0. The molecular weight excluding hydrogens is 470 g/mol. The molecule has 2 rings (SSSR count). The molecule has 0 radical (unpaired) electrons. The first-order chi connectivity index (χ1) is 13.8. The second-order valence-corrected chi connectivity index (χ2v) is 8.39. The number of rotatable bonds is 5. The monoisotopic (exact) mass is 485 g/mol. The molecule has 1 aromatic heterocycles. The Morgan fingerprint density at radius 2 is 1.83 bits per heavy atom. The van der Waals surface area contributed by atoms with Crippen molar-refractivity contribution in [1.82, 2.24) is 9.78 Å². The molecule has 164 valence electrons. The van der Waals surface area contributed by atoms with E-state index >= 15 is 0 Å². The second kappa shape index (κ2) is 8.82. The number of halogens is 5. The van der Waals surface area contributed by atoms with Crippen molar-refractivity contribution in [1.29, 1.82) is 0 Å². The van der Waals surface area contributed by atoms with Crippen LogP contribution in [0.15, 0.2) is 22.2 Å². The number of benzene rings is 1. The molecule has 0 saturated heterocycles. The number of alkyl halides is 3. The van der Waals surface area contributed by atoms with Gasteiger partial charge in [0, 0.05) is 6.26 Å². The lowest BCUT2D eigenvalue weighted by molar-refractivity contribution is -0.147. The van der Waals surface area contributed by atoms with Crippen molar-refractivity contribution in [2.24, 2.45) is 16.8 Å². The number of nitrogens with two attached hydrogens (primary N) is 2. The SMILES string of the molecule is CC(C)C(=O)O/N=C(\N)c1nn(-c2c(Cl)cc(C(F)(F)F)cc2Cl)c(N)c1S(C)=O. The summed E-state index contributed by atoms with van der Waals surface area (Å²) in [7, 11) is -1.76. The minimum absolute atomic E-state index is 0.0936. The van der Waals surface area contributed by atoms with Gasteiger partial charge >= 0.3 is 12.1 Å². The topological polar surface area (TPSA) is 126 Å². The fraction of sp³-hybridized carbons (Fsp3) is 0.312. The van der Waals surface area contributed by atoms with E-state index in [1.807, 2.05) is 0 Å². The highest BCUT2D eigenvalue weighted by molar-refractivity contribution is 7.84. The van der Waals surface area contributed by atoms with Crippen molar-refractivity contribution < 1.29 is 27.0 Å². The Balaban J connectivity index is 2.65. The number of carbonyl (C=O) groups excluding carboxylic acids is 1. The van der Waals surface area contributed by atoms with Gasteiger partial charge in [0.2, 0.25) is 0 Å². The van der Waals surface area contributed by atoms with Gasteiger partial charge in [-0.1, -0.05) is 42.2 Å². The molecule has 2 aromatic rings. The van der Waals surface area contributed by atoms with Crippen LogP contribution in [-0.4, -0.2) is 32.1 Å². The molecule has 0 fully saturated rings. The standard InChI is InChI=1S/C16H16Cl2F3N5O3S/c1-6(2)15(27)29-25-13(22)10-12(30(3)28)14(23)26(24-10)11-8(17)4-7(5-9(11)18)16(19,20)21/h4-6H,23H2,1-3H3,(H2,22,25). The summed E-state index contributed by atoms with van der Waals surface area (Å²) in [6.07, 6.45) is -3.41. The van der Waals surface area contributed by atoms with E-state index < -0.39 is 50.3 Å². The minimum Gasteiger partial charge on any atom is -0.383 e. The van der Waals surface area contributed by atoms with Crippen LogP contribution in [0.2, 0.25) is 10.0 Å². The predicted octanol–water partition coefficient (Wildman–Crippen LogP) is 3.34. The van der Waals surface area contributed by atoms with Gasteiger partial charge in [0.15, 0.2) is 5.84 Å². The molecule has 0 bridgehead atoms. The number of nitrogens with zero attached hydrogens (tertiary/aromatic N) is 3. The van der Waals surface area contributed by atoms with E-state index in [0.29, 0.717) is 12.1 Å². The quantitative estimate of drug-likeness (QED) is 0.289. The van der Waals surface area contributed by atoms with Gasteiger partial charge in [0.25, 0.3) is 0 Å². The van der Waals surface area contributed by atoms with E-state index in [2.05, 4.69) is 15.1 Å². The summed E-state index contributed by atoms with van der Waals surface area (Å²) < 4.78 is 52.0. The van der Waals surface area contributed by atoms with Crippen LogP contribution in [0.5, 0.6) is 0 Å². The zero-order chi connectivity index (χ0) is 23.0. The third-order valence-corrected chi connectivity index (χ3v) is 5.22. The molecule has 1 heterocycles. The molecule has 0 aliphatic heterocycles. The van der Waals surface area contributed by atoms with E-state index in [9.17, 15) is 22.2 Å². The van der Waals surface area contributed by atoms with Gasteiger partial charge in [0.05, 0.1) is 32.3 Å². The summed E-state index contributed by atoms with van der Waals surface area (Å²) in [6, 6.07) is 1.29. The van der Waals surface area contributed by atoms with Crippen LogP contribution >= 0.6 is 23.2 Å². The lowest BCUT2D eigenvalue weighted by atomic mass is 10.2. The van der Waals surface area contributed by atoms with E-state index in [1.54, 1.807) is 13.8 Å². The van der Waals surface area contributed by atoms with Crippen molar-refractivity contribution in [3.8, 4) is 5.69 Å². The summed E-state index contributed by atoms with van der Waals surface area (Å²) >= 11 is 12.0. The smallest absolute Gasteiger partial charge is 0.383 e. The average molecular weight is 486 g/mol. The Morgan fingerprint density at radius 1 is 1.30 bits per heavy atom. The molecule has 0 spiro atoms. The highest BCUT2D eigenvalue weighted by Gasteiger charge is 2.33. The van der Waals surface area contributed by atoms with Gasteiger partial charge in [0.1, 0.15) is 22.1 Å². The van der Waals surface area contributed by atoms with Crippen LogP contribution in [0.25, 0.3) is 5.69 Å². The molecule has 0 aliphatic carbocycles. The normalized spacial score (nSPS) is 13.6. The first-order valence-corrected chi connectivity index (χ1v) is 10.4. The highest BCUT2D eigenvalue weighted by Crippen LogP contribution is 2.39. The van der Waals surface area contributed by atoms with Gasteiger partial charge < -0.3 is 16.3 Å². The molecule has 0 amide bonds. The van der Waals surface area contributed by atoms with Gasteiger partial charge in [-0.05, 0) is 12.1 Å². The van der Waals surface area contributed by atoms with Gasteiger partial charge in [-0.15, -0.1) is 0 Å². The Kier molecular flexibility index (Phi) is 7.05. The molecule has 0 aliphatic rings. The third-order valence-electron chi connectivity index (χ3n) is 3.67. The largest absolute Gasteiger partial charge is 0.416 e. The van der Waals surface area contributed by atoms with E-state index in [-0.39, 0.29) is 22.1 Å². The lowest BCUT2D eigenvalue weighted by Crippen LogP contribution is -2.19. The van der Waals surface area contributed by atoms with Gasteiger partial charge in [-0.2, -0.15) is 18.3 Å². The molecule has 1 aromatic carbocycles. The fourth-order valence-electron chi connectivity index (χ4n) is 2.21. The predicted molar refractivity (Wildman–Crippen MR) is 107 cm³/mol. The highest BCUT2D eigenvalue weighted by atomic mass is 35.5. The van der Waals surface area contributed by atoms with Crippen LogP contribution in [0.3, 0.4) is 0 Å². The summed E-state index contributed by atoms with van der Waals surface area (Å²) in [5.74, 6) is -1.85. The molecule has 1 atom stereocenters. The summed E-state index contributed by atoms with van der Waals surface area (Å²) in [5, 5.41) is 6.68.